The summed E-state index contributed by atoms with van der Waals surface area (Å²) in [5, 5.41) is 0. The molecule has 1 aromatic carbocycles. The Morgan fingerprint density at radius 2 is 1.48 bits per heavy atom. The van der Waals surface area contributed by atoms with E-state index in [1.54, 1.807) is 0 Å². The van der Waals surface area contributed by atoms with E-state index in [9.17, 15) is 0 Å². The zero-order chi connectivity index (χ0) is 15.5. The van der Waals surface area contributed by atoms with E-state index >= 15 is 0 Å². The third-order valence-corrected chi connectivity index (χ3v) is 4.97. The highest BCUT2D eigenvalue weighted by molar-refractivity contribution is 5.37. The van der Waals surface area contributed by atoms with Crippen LogP contribution in [0.15, 0.2) is 24.3 Å². The van der Waals surface area contributed by atoms with Crippen molar-refractivity contribution in [3.05, 3.63) is 35.4 Å². The zero-order valence-corrected chi connectivity index (χ0v) is 14.2. The molecule has 1 aromatic rings. The van der Waals surface area contributed by atoms with E-state index in [4.69, 9.17) is 9.47 Å². The average Bonchev–Trinajstić information content (AvgIpc) is 3.21. The third kappa shape index (κ3) is 2.64. The van der Waals surface area contributed by atoms with E-state index < -0.39 is 0 Å². The summed E-state index contributed by atoms with van der Waals surface area (Å²) in [6, 6.07) is 9.02. The number of rotatable bonds is 4. The van der Waals surface area contributed by atoms with E-state index in [1.165, 1.54) is 17.5 Å². The van der Waals surface area contributed by atoms with Crippen molar-refractivity contribution < 1.29 is 9.47 Å². The second kappa shape index (κ2) is 4.33. The van der Waals surface area contributed by atoms with Gasteiger partial charge in [0.1, 0.15) is 11.2 Å². The predicted molar refractivity (Wildman–Crippen MR) is 85.5 cm³/mol. The van der Waals surface area contributed by atoms with E-state index in [0.29, 0.717) is 5.41 Å². The molecule has 2 saturated heterocycles. The number of hydrogen-bond donors (Lipinski definition) is 0. The Balaban J connectivity index is 1.82. The molecule has 2 aliphatic heterocycles. The van der Waals surface area contributed by atoms with Crippen molar-refractivity contribution in [2.24, 2.45) is 5.41 Å². The minimum absolute atomic E-state index is 0.102. The van der Waals surface area contributed by atoms with Crippen molar-refractivity contribution in [3.63, 3.8) is 0 Å². The standard InChI is InChI=1S/C19H28O2/c1-16(2,3)11-17(4,5)14-7-9-15(10-8-14)19(13-21-19)18(6)12-20-18/h7-10H,11-13H2,1-6H3. The van der Waals surface area contributed by atoms with Crippen molar-refractivity contribution in [1.29, 1.82) is 0 Å². The van der Waals surface area contributed by atoms with Crippen molar-refractivity contribution >= 4 is 0 Å². The lowest BCUT2D eigenvalue weighted by molar-refractivity contribution is 0.169. The Labute approximate surface area is 128 Å². The van der Waals surface area contributed by atoms with Crippen LogP contribution < -0.4 is 0 Å². The third-order valence-electron chi connectivity index (χ3n) is 4.97. The van der Waals surface area contributed by atoms with Crippen LogP contribution in [0.1, 0.15) is 59.1 Å². The predicted octanol–water partition coefficient (Wildman–Crippen LogP) is 4.41. The molecule has 2 atom stereocenters. The number of benzene rings is 1. The normalized spacial score (nSPS) is 32.1. The van der Waals surface area contributed by atoms with Crippen LogP contribution >= 0.6 is 0 Å². The molecule has 0 N–H and O–H groups in total. The molecule has 2 aliphatic rings. The van der Waals surface area contributed by atoms with Crippen LogP contribution in [0.3, 0.4) is 0 Å². The quantitative estimate of drug-likeness (QED) is 0.766. The van der Waals surface area contributed by atoms with E-state index in [1.807, 2.05) is 0 Å². The minimum atomic E-state index is -0.181. The summed E-state index contributed by atoms with van der Waals surface area (Å²) < 4.78 is 11.4. The molecule has 2 nitrogen and oxygen atoms in total. The van der Waals surface area contributed by atoms with Crippen LogP contribution in [0.4, 0.5) is 0 Å². The largest absolute Gasteiger partial charge is 0.366 e. The molecule has 2 unspecified atom stereocenters. The van der Waals surface area contributed by atoms with Crippen LogP contribution in [0.2, 0.25) is 0 Å². The maximum absolute atomic E-state index is 5.79. The molecular formula is C19H28O2. The molecule has 116 valence electrons. The van der Waals surface area contributed by atoms with E-state index in [-0.39, 0.29) is 16.6 Å². The van der Waals surface area contributed by atoms with Crippen molar-refractivity contribution in [1.82, 2.24) is 0 Å². The summed E-state index contributed by atoms with van der Waals surface area (Å²) >= 11 is 0. The molecule has 3 rings (SSSR count). The Morgan fingerprint density at radius 1 is 0.952 bits per heavy atom. The molecular weight excluding hydrogens is 260 g/mol. The Morgan fingerprint density at radius 3 is 1.86 bits per heavy atom. The molecule has 0 aromatic heterocycles. The summed E-state index contributed by atoms with van der Waals surface area (Å²) in [6.07, 6.45) is 1.17. The molecule has 2 heterocycles. The van der Waals surface area contributed by atoms with Gasteiger partial charge in [0.2, 0.25) is 0 Å². The molecule has 0 radical (unpaired) electrons. The molecule has 2 heteroatoms. The molecule has 0 saturated carbocycles. The maximum atomic E-state index is 5.79. The first kappa shape index (κ1) is 15.1. The highest BCUT2D eigenvalue weighted by Gasteiger charge is 2.68. The summed E-state index contributed by atoms with van der Waals surface area (Å²) in [5.41, 5.74) is 2.90. The van der Waals surface area contributed by atoms with E-state index in [2.05, 4.69) is 65.8 Å². The molecule has 0 aliphatic carbocycles. The SMILES string of the molecule is CC(C)(C)CC(C)(C)c1ccc(C2(C3(C)CO3)CO2)cc1. The smallest absolute Gasteiger partial charge is 0.147 e. The lowest BCUT2D eigenvalue weighted by atomic mass is 9.72. The van der Waals surface area contributed by atoms with Crippen molar-refractivity contribution in [2.45, 2.75) is 64.6 Å². The lowest BCUT2D eigenvalue weighted by Crippen LogP contribution is -2.29. The Bertz CT molecular complexity index is 526. The second-order valence-corrected chi connectivity index (χ2v) is 8.83. The monoisotopic (exact) mass is 288 g/mol. The fourth-order valence-corrected chi connectivity index (χ4v) is 3.81. The first-order chi connectivity index (χ1) is 9.58. The lowest BCUT2D eigenvalue weighted by Gasteiger charge is -2.33. The van der Waals surface area contributed by atoms with Gasteiger partial charge in [-0.15, -0.1) is 0 Å². The molecule has 0 bridgehead atoms. The van der Waals surface area contributed by atoms with Gasteiger partial charge in [0.15, 0.2) is 0 Å². The van der Waals surface area contributed by atoms with Gasteiger partial charge in [-0.05, 0) is 35.3 Å². The van der Waals surface area contributed by atoms with Gasteiger partial charge in [-0.1, -0.05) is 58.9 Å². The number of epoxide rings is 2. The van der Waals surface area contributed by atoms with E-state index in [0.717, 1.165) is 13.2 Å². The van der Waals surface area contributed by atoms with Crippen molar-refractivity contribution in [3.8, 4) is 0 Å². The first-order valence-corrected chi connectivity index (χ1v) is 7.97. The average molecular weight is 288 g/mol. The number of ether oxygens (including phenoxy) is 2. The molecule has 0 spiro atoms. The number of hydrogen-bond acceptors (Lipinski definition) is 2. The zero-order valence-electron chi connectivity index (χ0n) is 14.2. The fraction of sp³-hybridized carbons (Fsp3) is 0.684. The Hall–Kier alpha value is -0.860. The minimum Gasteiger partial charge on any atom is -0.366 e. The summed E-state index contributed by atoms with van der Waals surface area (Å²) in [7, 11) is 0. The van der Waals surface area contributed by atoms with Gasteiger partial charge in [-0.2, -0.15) is 0 Å². The van der Waals surface area contributed by atoms with Crippen LogP contribution in [-0.4, -0.2) is 18.8 Å². The molecule has 2 fully saturated rings. The summed E-state index contributed by atoms with van der Waals surface area (Å²) in [4.78, 5) is 0. The van der Waals surface area contributed by atoms with Gasteiger partial charge in [0, 0.05) is 0 Å². The van der Waals surface area contributed by atoms with Crippen molar-refractivity contribution in [2.75, 3.05) is 13.2 Å². The first-order valence-electron chi connectivity index (χ1n) is 7.97. The highest BCUT2D eigenvalue weighted by atomic mass is 16.7. The van der Waals surface area contributed by atoms with Crippen LogP contribution in [0.25, 0.3) is 0 Å². The molecule has 21 heavy (non-hydrogen) atoms. The van der Waals surface area contributed by atoms with Gasteiger partial charge in [-0.3, -0.25) is 0 Å². The topological polar surface area (TPSA) is 25.1 Å². The highest BCUT2D eigenvalue weighted by Crippen LogP contribution is 2.55. The maximum Gasteiger partial charge on any atom is 0.147 e. The second-order valence-electron chi connectivity index (χ2n) is 8.83. The van der Waals surface area contributed by atoms with Gasteiger partial charge >= 0.3 is 0 Å². The van der Waals surface area contributed by atoms with Crippen LogP contribution in [-0.2, 0) is 20.5 Å². The van der Waals surface area contributed by atoms with Gasteiger partial charge in [-0.25, -0.2) is 0 Å². The summed E-state index contributed by atoms with van der Waals surface area (Å²) in [6.45, 7) is 15.3. The fourth-order valence-electron chi connectivity index (χ4n) is 3.81. The Kier molecular flexibility index (Phi) is 3.10. The van der Waals surface area contributed by atoms with Gasteiger partial charge < -0.3 is 9.47 Å². The van der Waals surface area contributed by atoms with Gasteiger partial charge in [0.05, 0.1) is 13.2 Å². The molecule has 0 amide bonds. The van der Waals surface area contributed by atoms with Crippen LogP contribution in [0.5, 0.6) is 0 Å². The van der Waals surface area contributed by atoms with Crippen LogP contribution in [0, 0.1) is 5.41 Å². The summed E-state index contributed by atoms with van der Waals surface area (Å²) in [5.74, 6) is 0. The van der Waals surface area contributed by atoms with Gasteiger partial charge in [0.25, 0.3) is 0 Å².